The first-order valence-corrected chi connectivity index (χ1v) is 16.8. The minimum absolute atomic E-state index is 0.187. The van der Waals surface area contributed by atoms with Crippen molar-refractivity contribution in [3.05, 3.63) is 182 Å². The Hall–Kier alpha value is -6.46. The van der Waals surface area contributed by atoms with E-state index in [4.69, 9.17) is 0 Å². The van der Waals surface area contributed by atoms with Crippen molar-refractivity contribution in [1.82, 2.24) is 4.98 Å². The summed E-state index contributed by atoms with van der Waals surface area (Å²) in [6.45, 7) is 0. The molecular formula is C46H29F3N2. The fourth-order valence-corrected chi connectivity index (χ4v) is 7.46. The van der Waals surface area contributed by atoms with Gasteiger partial charge < -0.3 is 0 Å². The van der Waals surface area contributed by atoms with Crippen LogP contribution in [0.5, 0.6) is 0 Å². The Morgan fingerprint density at radius 2 is 0.922 bits per heavy atom. The zero-order chi connectivity index (χ0) is 34.5. The van der Waals surface area contributed by atoms with Crippen LogP contribution in [0.25, 0.3) is 65.3 Å². The van der Waals surface area contributed by atoms with Crippen molar-refractivity contribution in [1.29, 1.82) is 0 Å². The first-order valence-electron chi connectivity index (χ1n) is 16.8. The van der Waals surface area contributed by atoms with Gasteiger partial charge in [0.25, 0.3) is 0 Å². The largest absolute Gasteiger partial charge is 0.433 e. The lowest BCUT2D eigenvalue weighted by Gasteiger charge is -2.25. The molecule has 0 N–H and O–H groups in total. The fraction of sp³-hybridized carbons (Fsp3) is 0.0217. The van der Waals surface area contributed by atoms with Crippen LogP contribution in [0.3, 0.4) is 0 Å². The van der Waals surface area contributed by atoms with Crippen LogP contribution in [0.1, 0.15) is 5.69 Å². The first kappa shape index (κ1) is 30.6. The van der Waals surface area contributed by atoms with E-state index in [0.29, 0.717) is 11.4 Å². The maximum atomic E-state index is 13.7. The van der Waals surface area contributed by atoms with E-state index in [1.165, 1.54) is 38.7 Å². The Morgan fingerprint density at radius 3 is 1.55 bits per heavy atom. The summed E-state index contributed by atoms with van der Waals surface area (Å²) in [5, 5.41) is 9.38. The number of halogens is 3. The van der Waals surface area contributed by atoms with Crippen LogP contribution >= 0.6 is 0 Å². The van der Waals surface area contributed by atoms with Crippen molar-refractivity contribution in [3.63, 3.8) is 0 Å². The molecule has 9 aromatic rings. The van der Waals surface area contributed by atoms with Crippen LogP contribution in [0.15, 0.2) is 176 Å². The molecule has 244 valence electrons. The Balaban J connectivity index is 1.26. The molecule has 1 aromatic heterocycles. The molecule has 8 aromatic carbocycles. The number of fused-ring (bicyclic) bond motifs is 5. The molecule has 0 fully saturated rings. The topological polar surface area (TPSA) is 16.1 Å². The van der Waals surface area contributed by atoms with Gasteiger partial charge in [-0.05, 0) is 108 Å². The Morgan fingerprint density at radius 1 is 0.412 bits per heavy atom. The van der Waals surface area contributed by atoms with Crippen molar-refractivity contribution in [2.24, 2.45) is 0 Å². The second-order valence-corrected chi connectivity index (χ2v) is 12.6. The molecule has 0 unspecified atom stereocenters. The number of hydrogen-bond donors (Lipinski definition) is 0. The summed E-state index contributed by atoms with van der Waals surface area (Å²) in [6.07, 6.45) is -4.56. The molecule has 0 saturated carbocycles. The SMILES string of the molecule is FC(F)(F)c1cccc(N(c2ccccc2)c2ccc(-c3c4ccccc4c(-c4cc5ccccc5c5ccccc45)c4ccccc34)cc2)n1. The molecule has 0 radical (unpaired) electrons. The van der Waals surface area contributed by atoms with Crippen LogP contribution < -0.4 is 4.90 Å². The van der Waals surface area contributed by atoms with Crippen molar-refractivity contribution >= 4 is 60.3 Å². The zero-order valence-corrected chi connectivity index (χ0v) is 27.3. The number of rotatable bonds is 5. The lowest BCUT2D eigenvalue weighted by molar-refractivity contribution is -0.141. The highest BCUT2D eigenvalue weighted by atomic mass is 19.4. The van der Waals surface area contributed by atoms with Crippen LogP contribution in [-0.2, 0) is 6.18 Å². The highest BCUT2D eigenvalue weighted by molar-refractivity contribution is 6.25. The molecule has 0 saturated heterocycles. The summed E-state index contributed by atoms with van der Waals surface area (Å²) in [6, 6.07) is 58.0. The maximum absolute atomic E-state index is 13.7. The number of aromatic nitrogens is 1. The third kappa shape index (κ3) is 5.26. The molecule has 2 nitrogen and oxygen atoms in total. The van der Waals surface area contributed by atoms with E-state index in [1.807, 2.05) is 42.5 Å². The number of benzene rings is 8. The maximum Gasteiger partial charge on any atom is 0.433 e. The minimum atomic E-state index is -4.56. The van der Waals surface area contributed by atoms with Gasteiger partial charge in [-0.15, -0.1) is 0 Å². The summed E-state index contributed by atoms with van der Waals surface area (Å²) in [7, 11) is 0. The van der Waals surface area contributed by atoms with Crippen LogP contribution in [-0.4, -0.2) is 4.98 Å². The van der Waals surface area contributed by atoms with Gasteiger partial charge in [0, 0.05) is 11.4 Å². The highest BCUT2D eigenvalue weighted by Gasteiger charge is 2.33. The lowest BCUT2D eigenvalue weighted by Crippen LogP contribution is -2.15. The minimum Gasteiger partial charge on any atom is -0.295 e. The van der Waals surface area contributed by atoms with Gasteiger partial charge in [0.05, 0.1) is 0 Å². The molecule has 0 bridgehead atoms. The Labute approximate surface area is 292 Å². The number of pyridine rings is 1. The smallest absolute Gasteiger partial charge is 0.295 e. The van der Waals surface area contributed by atoms with E-state index < -0.39 is 11.9 Å². The molecule has 0 aliphatic heterocycles. The number of anilines is 3. The van der Waals surface area contributed by atoms with Gasteiger partial charge in [-0.3, -0.25) is 4.90 Å². The average Bonchev–Trinajstić information content (AvgIpc) is 3.17. The number of alkyl halides is 3. The normalized spacial score (nSPS) is 11.8. The molecule has 9 rings (SSSR count). The monoisotopic (exact) mass is 666 g/mol. The standard InChI is InChI=1S/C46H29F3N2/c47-46(48,49)42-23-12-24-43(50-42)51(32-14-2-1-3-15-32)33-27-25-30(26-28-33)44-37-19-8-10-21-39(37)45(40-22-11-9-20-38(40)44)41-29-31-13-4-5-16-34(31)35-17-6-7-18-36(35)41/h1-29H. The van der Waals surface area contributed by atoms with Crippen LogP contribution in [0.2, 0.25) is 0 Å². The summed E-state index contributed by atoms with van der Waals surface area (Å²) in [4.78, 5) is 5.79. The number of hydrogen-bond acceptors (Lipinski definition) is 2. The molecule has 0 atom stereocenters. The molecule has 0 aliphatic rings. The first-order chi connectivity index (χ1) is 25.0. The Kier molecular flexibility index (Phi) is 7.29. The molecule has 0 spiro atoms. The van der Waals surface area contributed by atoms with E-state index >= 15 is 0 Å². The average molecular weight is 667 g/mol. The van der Waals surface area contributed by atoms with E-state index in [1.54, 1.807) is 11.0 Å². The summed E-state index contributed by atoms with van der Waals surface area (Å²) in [5.74, 6) is 0.187. The third-order valence-electron chi connectivity index (χ3n) is 9.65. The van der Waals surface area contributed by atoms with Gasteiger partial charge in [0.2, 0.25) is 0 Å². The van der Waals surface area contributed by atoms with E-state index in [9.17, 15) is 13.2 Å². The predicted octanol–water partition coefficient (Wildman–Crippen LogP) is 13.5. The van der Waals surface area contributed by atoms with Gasteiger partial charge in [0.1, 0.15) is 11.5 Å². The quantitative estimate of drug-likeness (QED) is 0.134. The van der Waals surface area contributed by atoms with Crippen LogP contribution in [0, 0.1) is 0 Å². The molecule has 1 heterocycles. The van der Waals surface area contributed by atoms with Crippen LogP contribution in [0.4, 0.5) is 30.4 Å². The van der Waals surface area contributed by atoms with Crippen molar-refractivity contribution in [3.8, 4) is 22.3 Å². The van der Waals surface area contributed by atoms with Gasteiger partial charge in [-0.2, -0.15) is 13.2 Å². The molecular weight excluding hydrogens is 638 g/mol. The number of nitrogens with zero attached hydrogens (tertiary/aromatic N) is 2. The fourth-order valence-electron chi connectivity index (χ4n) is 7.46. The molecule has 0 aliphatic carbocycles. The second kappa shape index (κ2) is 12.1. The summed E-state index contributed by atoms with van der Waals surface area (Å²) >= 11 is 0. The third-order valence-corrected chi connectivity index (χ3v) is 9.65. The molecule has 0 amide bonds. The van der Waals surface area contributed by atoms with E-state index in [0.717, 1.165) is 38.7 Å². The van der Waals surface area contributed by atoms with Gasteiger partial charge >= 0.3 is 6.18 Å². The molecule has 51 heavy (non-hydrogen) atoms. The second-order valence-electron chi connectivity index (χ2n) is 12.6. The lowest BCUT2D eigenvalue weighted by atomic mass is 9.84. The van der Waals surface area contributed by atoms with Gasteiger partial charge in [0.15, 0.2) is 0 Å². The number of para-hydroxylation sites is 1. The summed E-state index contributed by atoms with van der Waals surface area (Å²) in [5.41, 5.74) is 4.95. The van der Waals surface area contributed by atoms with Crippen molar-refractivity contribution in [2.75, 3.05) is 4.90 Å². The van der Waals surface area contributed by atoms with E-state index in [2.05, 4.69) is 120 Å². The zero-order valence-electron chi connectivity index (χ0n) is 27.3. The Bertz CT molecular complexity index is 2680. The van der Waals surface area contributed by atoms with E-state index in [-0.39, 0.29) is 5.82 Å². The highest BCUT2D eigenvalue weighted by Crippen LogP contribution is 2.47. The van der Waals surface area contributed by atoms with Crippen molar-refractivity contribution < 1.29 is 13.2 Å². The van der Waals surface area contributed by atoms with Gasteiger partial charge in [-0.1, -0.05) is 133 Å². The van der Waals surface area contributed by atoms with Crippen molar-refractivity contribution in [2.45, 2.75) is 6.18 Å². The predicted molar refractivity (Wildman–Crippen MR) is 205 cm³/mol. The molecule has 5 heteroatoms. The van der Waals surface area contributed by atoms with Gasteiger partial charge in [-0.25, -0.2) is 4.98 Å². The summed E-state index contributed by atoms with van der Waals surface area (Å²) < 4.78 is 41.2.